The molecular weight excluding hydrogens is 531 g/mol. The van der Waals surface area contributed by atoms with Crippen molar-refractivity contribution in [3.05, 3.63) is 117 Å². The Morgan fingerprint density at radius 1 is 1.00 bits per heavy atom. The molecule has 0 spiro atoms. The van der Waals surface area contributed by atoms with Gasteiger partial charge in [-0.15, -0.1) is 11.3 Å². The van der Waals surface area contributed by atoms with E-state index in [4.69, 9.17) is 27.9 Å². The third-order valence-corrected chi connectivity index (χ3v) is 7.23. The Morgan fingerprint density at radius 3 is 2.51 bits per heavy atom. The van der Waals surface area contributed by atoms with E-state index in [0.29, 0.717) is 32.8 Å². The van der Waals surface area contributed by atoms with E-state index in [1.807, 2.05) is 36.4 Å². The van der Waals surface area contributed by atoms with Crippen LogP contribution < -0.4 is 10.2 Å². The third-order valence-electron chi connectivity index (χ3n) is 5.32. The lowest BCUT2D eigenvalue weighted by Gasteiger charge is -2.03. The molecule has 0 aliphatic heterocycles. The molecule has 0 aliphatic carbocycles. The van der Waals surface area contributed by atoms with Crippen LogP contribution in [0.4, 0.5) is 0 Å². The minimum absolute atomic E-state index is 0.244. The van der Waals surface area contributed by atoms with E-state index < -0.39 is 11.9 Å². The second-order valence-electron chi connectivity index (χ2n) is 7.92. The summed E-state index contributed by atoms with van der Waals surface area (Å²) in [6, 6.07) is 23.3. The normalized spacial score (nSPS) is 11.2. The Hall–Kier alpha value is -3.98. The van der Waals surface area contributed by atoms with E-state index >= 15 is 0 Å². The molecule has 1 N–H and O–H groups in total. The van der Waals surface area contributed by atoms with Gasteiger partial charge in [-0.05, 0) is 59.7 Å². The summed E-state index contributed by atoms with van der Waals surface area (Å²) in [6.45, 7) is 0.514. The largest absolute Gasteiger partial charge is 0.422 e. The van der Waals surface area contributed by atoms with Gasteiger partial charge in [0.2, 0.25) is 0 Å². The number of aromatic nitrogens is 2. The van der Waals surface area contributed by atoms with Crippen molar-refractivity contribution < 1.29 is 14.3 Å². The number of carbonyl (C=O) groups is 2. The molecule has 0 atom stereocenters. The summed E-state index contributed by atoms with van der Waals surface area (Å²) >= 11 is 13.6. The van der Waals surface area contributed by atoms with Crippen LogP contribution >= 0.6 is 34.5 Å². The van der Waals surface area contributed by atoms with Crippen LogP contribution in [0.3, 0.4) is 0 Å². The van der Waals surface area contributed by atoms with Crippen LogP contribution in [0.1, 0.15) is 31.3 Å². The first-order valence-electron chi connectivity index (χ1n) is 11.1. The molecule has 0 radical (unpaired) electrons. The van der Waals surface area contributed by atoms with Crippen LogP contribution in [0, 0.1) is 0 Å². The zero-order chi connectivity index (χ0) is 25.8. The predicted octanol–water partition coefficient (Wildman–Crippen LogP) is 6.44. The average Bonchev–Trinajstić information content (AvgIpc) is 3.51. The maximum atomic E-state index is 12.6. The lowest BCUT2D eigenvalue weighted by atomic mass is 10.2. The number of nitrogens with one attached hydrogen (secondary N) is 1. The molecule has 2 heterocycles. The predicted molar refractivity (Wildman–Crippen MR) is 146 cm³/mol. The SMILES string of the molecule is O=C(NN=Cc1ccc(OC(=O)c2sc3ccccc3c2Cl)cc1)c1ccn(Cc2ccc(Cl)cc2)n1. The molecule has 5 rings (SSSR count). The fourth-order valence-corrected chi connectivity index (χ4v) is 5.00. The van der Waals surface area contributed by atoms with E-state index in [1.54, 1.807) is 53.3 Å². The van der Waals surface area contributed by atoms with Crippen molar-refractivity contribution in [3.8, 4) is 5.75 Å². The molecule has 184 valence electrons. The van der Waals surface area contributed by atoms with Crippen LogP contribution in [0.15, 0.2) is 90.2 Å². The molecule has 5 aromatic rings. The van der Waals surface area contributed by atoms with E-state index in [9.17, 15) is 9.59 Å². The van der Waals surface area contributed by atoms with Gasteiger partial charge in [0, 0.05) is 21.3 Å². The highest BCUT2D eigenvalue weighted by Gasteiger charge is 2.19. The highest BCUT2D eigenvalue weighted by Crippen LogP contribution is 2.35. The number of amides is 1. The van der Waals surface area contributed by atoms with Crippen molar-refractivity contribution >= 4 is 62.7 Å². The van der Waals surface area contributed by atoms with Gasteiger partial charge in [0.05, 0.1) is 17.8 Å². The summed E-state index contributed by atoms with van der Waals surface area (Å²) in [6.07, 6.45) is 3.20. The van der Waals surface area contributed by atoms with Gasteiger partial charge in [-0.1, -0.05) is 53.5 Å². The number of ether oxygens (including phenoxy) is 1. The van der Waals surface area contributed by atoms with Crippen molar-refractivity contribution in [2.75, 3.05) is 0 Å². The number of hydrogen-bond donors (Lipinski definition) is 1. The summed E-state index contributed by atoms with van der Waals surface area (Å²) in [7, 11) is 0. The fourth-order valence-electron chi connectivity index (χ4n) is 3.49. The van der Waals surface area contributed by atoms with E-state index in [1.165, 1.54) is 17.6 Å². The quantitative estimate of drug-likeness (QED) is 0.110. The average molecular weight is 549 g/mol. The third kappa shape index (κ3) is 5.89. The molecule has 0 bridgehead atoms. The zero-order valence-corrected chi connectivity index (χ0v) is 21.4. The molecule has 0 aliphatic rings. The zero-order valence-electron chi connectivity index (χ0n) is 19.1. The van der Waals surface area contributed by atoms with E-state index in [-0.39, 0.29) is 5.69 Å². The second-order valence-corrected chi connectivity index (χ2v) is 9.79. The Labute approximate surface area is 225 Å². The lowest BCUT2D eigenvalue weighted by molar-refractivity contribution is 0.0739. The number of esters is 1. The number of nitrogens with zero attached hydrogens (tertiary/aromatic N) is 3. The molecule has 3 aromatic carbocycles. The molecule has 7 nitrogen and oxygen atoms in total. The number of fused-ring (bicyclic) bond motifs is 1. The number of hydrazone groups is 1. The summed E-state index contributed by atoms with van der Waals surface area (Å²) in [5.74, 6) is -0.585. The Bertz CT molecular complexity index is 1610. The molecule has 0 fully saturated rings. The van der Waals surface area contributed by atoms with Gasteiger partial charge in [-0.25, -0.2) is 10.2 Å². The van der Waals surface area contributed by atoms with Crippen LogP contribution in [-0.4, -0.2) is 27.9 Å². The van der Waals surface area contributed by atoms with Gasteiger partial charge in [-0.3, -0.25) is 9.48 Å². The van der Waals surface area contributed by atoms with Crippen molar-refractivity contribution in [1.82, 2.24) is 15.2 Å². The minimum atomic E-state index is -0.518. The van der Waals surface area contributed by atoms with Crippen molar-refractivity contribution in [1.29, 1.82) is 0 Å². The summed E-state index contributed by atoms with van der Waals surface area (Å²) in [5.41, 5.74) is 4.42. The molecule has 37 heavy (non-hydrogen) atoms. The van der Waals surface area contributed by atoms with Crippen LogP contribution in [-0.2, 0) is 6.54 Å². The molecule has 0 saturated carbocycles. The van der Waals surface area contributed by atoms with Crippen LogP contribution in [0.2, 0.25) is 10.0 Å². The highest BCUT2D eigenvalue weighted by molar-refractivity contribution is 7.21. The van der Waals surface area contributed by atoms with Gasteiger partial charge >= 0.3 is 5.97 Å². The molecule has 2 aromatic heterocycles. The number of carbonyl (C=O) groups excluding carboxylic acids is 2. The number of thiophene rings is 1. The van der Waals surface area contributed by atoms with Crippen LogP contribution in [0.5, 0.6) is 5.75 Å². The Morgan fingerprint density at radius 2 is 1.76 bits per heavy atom. The first-order chi connectivity index (χ1) is 18.0. The van der Waals surface area contributed by atoms with Gasteiger partial charge in [0.1, 0.15) is 10.6 Å². The maximum Gasteiger partial charge on any atom is 0.355 e. The minimum Gasteiger partial charge on any atom is -0.422 e. The Kier molecular flexibility index (Phi) is 7.32. The van der Waals surface area contributed by atoms with Crippen molar-refractivity contribution in [3.63, 3.8) is 0 Å². The number of halogens is 2. The first-order valence-corrected chi connectivity index (χ1v) is 12.6. The van der Waals surface area contributed by atoms with Gasteiger partial charge in [-0.2, -0.15) is 10.2 Å². The Balaban J connectivity index is 1.15. The monoisotopic (exact) mass is 548 g/mol. The fraction of sp³-hybridized carbons (Fsp3) is 0.0370. The number of rotatable bonds is 7. The number of hydrogen-bond acceptors (Lipinski definition) is 6. The van der Waals surface area contributed by atoms with Crippen molar-refractivity contribution in [2.24, 2.45) is 5.10 Å². The first kappa shape index (κ1) is 24.7. The summed E-state index contributed by atoms with van der Waals surface area (Å²) in [5, 5.41) is 10.1. The smallest absolute Gasteiger partial charge is 0.355 e. The van der Waals surface area contributed by atoms with Crippen molar-refractivity contribution in [2.45, 2.75) is 6.54 Å². The standard InChI is InChI=1S/C27H18Cl2N4O3S/c28-19-9-5-18(6-10-19)16-33-14-13-22(32-33)26(34)31-30-15-17-7-11-20(12-8-17)36-27(35)25-24(29)21-3-1-2-4-23(21)37-25/h1-15H,16H2,(H,31,34). The second kappa shape index (κ2) is 11.0. The summed E-state index contributed by atoms with van der Waals surface area (Å²) < 4.78 is 8.05. The lowest BCUT2D eigenvalue weighted by Crippen LogP contribution is -2.18. The molecule has 0 unspecified atom stereocenters. The highest BCUT2D eigenvalue weighted by atomic mass is 35.5. The van der Waals surface area contributed by atoms with E-state index in [2.05, 4.69) is 15.6 Å². The maximum absolute atomic E-state index is 12.6. The van der Waals surface area contributed by atoms with E-state index in [0.717, 1.165) is 15.6 Å². The summed E-state index contributed by atoms with van der Waals surface area (Å²) in [4.78, 5) is 25.3. The van der Waals surface area contributed by atoms with Gasteiger partial charge < -0.3 is 4.74 Å². The van der Waals surface area contributed by atoms with Gasteiger partial charge in [0.25, 0.3) is 5.91 Å². The van der Waals surface area contributed by atoms with Crippen LogP contribution in [0.25, 0.3) is 10.1 Å². The molecule has 0 saturated heterocycles. The molecule has 10 heteroatoms. The number of benzene rings is 3. The topological polar surface area (TPSA) is 85.6 Å². The molecular formula is C27H18Cl2N4O3S. The van der Waals surface area contributed by atoms with Gasteiger partial charge in [0.15, 0.2) is 5.69 Å². The molecule has 1 amide bonds.